The van der Waals surface area contributed by atoms with Gasteiger partial charge >= 0.3 is 0 Å². The van der Waals surface area contributed by atoms with Gasteiger partial charge in [-0.15, -0.1) is 5.73 Å². The molecule has 0 fully saturated rings. The minimum absolute atomic E-state index is 0.156. The molecule has 0 bridgehead atoms. The highest BCUT2D eigenvalue weighted by Crippen LogP contribution is 2.14. The number of hydrogen-bond donors (Lipinski definition) is 1. The van der Waals surface area contributed by atoms with E-state index >= 15 is 0 Å². The molecule has 90 valence electrons. The Bertz CT molecular complexity index is 510. The van der Waals surface area contributed by atoms with E-state index in [1.165, 1.54) is 11.1 Å². The highest BCUT2D eigenvalue weighted by molar-refractivity contribution is 5.23. The van der Waals surface area contributed by atoms with Crippen LogP contribution in [-0.2, 0) is 6.54 Å². The van der Waals surface area contributed by atoms with E-state index in [4.69, 9.17) is 0 Å². The van der Waals surface area contributed by atoms with E-state index in [1.807, 2.05) is 30.3 Å². The van der Waals surface area contributed by atoms with Crippen LogP contribution in [0.25, 0.3) is 0 Å². The summed E-state index contributed by atoms with van der Waals surface area (Å²) in [6.45, 7) is 4.49. The van der Waals surface area contributed by atoms with Gasteiger partial charge in [0.2, 0.25) is 0 Å². The van der Waals surface area contributed by atoms with Crippen molar-refractivity contribution >= 4 is 0 Å². The second kappa shape index (κ2) is 6.61. The molecule has 0 aliphatic carbocycles. The molecule has 0 aromatic heterocycles. The summed E-state index contributed by atoms with van der Waals surface area (Å²) in [5.41, 5.74) is 5.37. The molecule has 1 heteroatoms. The molecule has 0 saturated heterocycles. The lowest BCUT2D eigenvalue weighted by Crippen LogP contribution is -2.18. The van der Waals surface area contributed by atoms with Gasteiger partial charge in [-0.1, -0.05) is 67.2 Å². The molecular formula is C17H17N. The van der Waals surface area contributed by atoms with Gasteiger partial charge in [0.15, 0.2) is 0 Å². The van der Waals surface area contributed by atoms with E-state index in [1.54, 1.807) is 0 Å². The Morgan fingerprint density at radius 3 is 2.22 bits per heavy atom. The monoisotopic (exact) mass is 235 g/mol. The zero-order valence-corrected chi connectivity index (χ0v) is 10.3. The summed E-state index contributed by atoms with van der Waals surface area (Å²) in [7, 11) is 0. The molecule has 0 aliphatic rings. The van der Waals surface area contributed by atoms with Gasteiger partial charge < -0.3 is 5.32 Å². The predicted octanol–water partition coefficient (Wildman–Crippen LogP) is 3.86. The van der Waals surface area contributed by atoms with Gasteiger partial charge in [0.25, 0.3) is 0 Å². The smallest absolute Gasteiger partial charge is 0.0583 e. The van der Waals surface area contributed by atoms with Crippen LogP contribution < -0.4 is 5.32 Å². The van der Waals surface area contributed by atoms with Crippen LogP contribution in [0.2, 0.25) is 0 Å². The van der Waals surface area contributed by atoms with Gasteiger partial charge in [-0.25, -0.2) is 0 Å². The predicted molar refractivity (Wildman–Crippen MR) is 76.2 cm³/mol. The third kappa shape index (κ3) is 3.46. The van der Waals surface area contributed by atoms with Crippen LogP contribution in [0, 0.1) is 0 Å². The van der Waals surface area contributed by atoms with Crippen molar-refractivity contribution in [3.05, 3.63) is 90.2 Å². The summed E-state index contributed by atoms with van der Waals surface area (Å²) < 4.78 is 0. The minimum Gasteiger partial charge on any atom is -0.302 e. The van der Waals surface area contributed by atoms with E-state index in [0.29, 0.717) is 0 Å². The molecule has 2 aromatic rings. The first-order valence-electron chi connectivity index (χ1n) is 6.08. The molecule has 0 saturated carbocycles. The highest BCUT2D eigenvalue weighted by atomic mass is 14.9. The molecular weight excluding hydrogens is 218 g/mol. The molecule has 0 heterocycles. The van der Waals surface area contributed by atoms with Gasteiger partial charge in [-0.3, -0.25) is 0 Å². The summed E-state index contributed by atoms with van der Waals surface area (Å²) >= 11 is 0. The van der Waals surface area contributed by atoms with E-state index in [-0.39, 0.29) is 6.04 Å². The lowest BCUT2D eigenvalue weighted by Gasteiger charge is -2.14. The van der Waals surface area contributed by atoms with E-state index < -0.39 is 0 Å². The number of hydrogen-bond acceptors (Lipinski definition) is 1. The molecule has 1 atom stereocenters. The molecule has 1 unspecified atom stereocenters. The fourth-order valence-corrected chi connectivity index (χ4v) is 1.87. The Labute approximate surface area is 108 Å². The Hall–Kier alpha value is -2.08. The Kier molecular flexibility index (Phi) is 4.54. The molecule has 2 aromatic carbocycles. The summed E-state index contributed by atoms with van der Waals surface area (Å²) in [6, 6.07) is 20.9. The standard InChI is InChI=1S/C17H17N/c1-2-9-17(16-12-7-4-8-13-16)18-14-15-10-5-3-6-11-15/h3-13,17-18H,1,14H2. The molecule has 2 rings (SSSR count). The highest BCUT2D eigenvalue weighted by Gasteiger charge is 2.06. The fraction of sp³-hybridized carbons (Fsp3) is 0.118. The molecule has 0 amide bonds. The topological polar surface area (TPSA) is 12.0 Å². The largest absolute Gasteiger partial charge is 0.302 e. The minimum atomic E-state index is 0.156. The SMILES string of the molecule is C=C=CC(NCc1ccccc1)c1ccccc1. The summed E-state index contributed by atoms with van der Waals surface area (Å²) in [6.07, 6.45) is 1.96. The third-order valence-electron chi connectivity index (χ3n) is 2.81. The molecule has 0 spiro atoms. The second-order valence-corrected chi connectivity index (χ2v) is 4.13. The first-order chi connectivity index (χ1) is 8.90. The van der Waals surface area contributed by atoms with Gasteiger partial charge in [0, 0.05) is 6.54 Å². The van der Waals surface area contributed by atoms with Crippen molar-refractivity contribution in [2.24, 2.45) is 0 Å². The normalized spacial score (nSPS) is 11.6. The molecule has 1 N–H and O–H groups in total. The molecule has 18 heavy (non-hydrogen) atoms. The van der Waals surface area contributed by atoms with Crippen molar-refractivity contribution in [1.82, 2.24) is 5.32 Å². The van der Waals surface area contributed by atoms with Crippen molar-refractivity contribution in [2.45, 2.75) is 12.6 Å². The van der Waals surface area contributed by atoms with Gasteiger partial charge in [0.1, 0.15) is 0 Å². The fourth-order valence-electron chi connectivity index (χ4n) is 1.87. The maximum absolute atomic E-state index is 3.66. The summed E-state index contributed by atoms with van der Waals surface area (Å²) in [5.74, 6) is 0. The Balaban J connectivity index is 2.06. The van der Waals surface area contributed by atoms with Gasteiger partial charge in [-0.05, 0) is 17.2 Å². The number of nitrogens with one attached hydrogen (secondary N) is 1. The van der Waals surface area contributed by atoms with Crippen LogP contribution in [0.15, 0.2) is 79.0 Å². The first kappa shape index (κ1) is 12.4. The lowest BCUT2D eigenvalue weighted by molar-refractivity contribution is 0.621. The maximum atomic E-state index is 3.66. The Morgan fingerprint density at radius 1 is 1.00 bits per heavy atom. The van der Waals surface area contributed by atoms with Crippen LogP contribution in [0.5, 0.6) is 0 Å². The summed E-state index contributed by atoms with van der Waals surface area (Å²) in [5, 5.41) is 3.50. The van der Waals surface area contributed by atoms with Crippen molar-refractivity contribution in [2.75, 3.05) is 0 Å². The van der Waals surface area contributed by atoms with Crippen molar-refractivity contribution < 1.29 is 0 Å². The van der Waals surface area contributed by atoms with Gasteiger partial charge in [-0.2, -0.15) is 0 Å². The van der Waals surface area contributed by atoms with Crippen molar-refractivity contribution in [3.63, 3.8) is 0 Å². The average Bonchev–Trinajstić information content (AvgIpc) is 2.45. The quantitative estimate of drug-likeness (QED) is 0.776. The van der Waals surface area contributed by atoms with Crippen LogP contribution in [-0.4, -0.2) is 0 Å². The molecule has 0 radical (unpaired) electrons. The van der Waals surface area contributed by atoms with E-state index in [9.17, 15) is 0 Å². The van der Waals surface area contributed by atoms with Crippen molar-refractivity contribution in [1.29, 1.82) is 0 Å². The average molecular weight is 235 g/mol. The van der Waals surface area contributed by atoms with Crippen molar-refractivity contribution in [3.8, 4) is 0 Å². The number of rotatable bonds is 5. The third-order valence-corrected chi connectivity index (χ3v) is 2.81. The van der Waals surface area contributed by atoms with Crippen LogP contribution in [0.1, 0.15) is 17.2 Å². The van der Waals surface area contributed by atoms with Gasteiger partial charge in [0.05, 0.1) is 6.04 Å². The maximum Gasteiger partial charge on any atom is 0.0583 e. The van der Waals surface area contributed by atoms with Crippen LogP contribution in [0.3, 0.4) is 0 Å². The first-order valence-corrected chi connectivity index (χ1v) is 6.08. The molecule has 1 nitrogen and oxygen atoms in total. The van der Waals surface area contributed by atoms with Crippen LogP contribution in [0.4, 0.5) is 0 Å². The number of benzene rings is 2. The summed E-state index contributed by atoms with van der Waals surface area (Å²) in [4.78, 5) is 0. The second-order valence-electron chi connectivity index (χ2n) is 4.13. The Morgan fingerprint density at radius 2 is 1.61 bits per heavy atom. The zero-order valence-electron chi connectivity index (χ0n) is 10.3. The lowest BCUT2D eigenvalue weighted by atomic mass is 10.1. The van der Waals surface area contributed by atoms with E-state index in [2.05, 4.69) is 54.0 Å². The van der Waals surface area contributed by atoms with Crippen LogP contribution >= 0.6 is 0 Å². The zero-order chi connectivity index (χ0) is 12.6. The van der Waals surface area contributed by atoms with E-state index in [0.717, 1.165) is 6.54 Å². The molecule has 0 aliphatic heterocycles.